The largest absolute Gasteiger partial charge is 0.506 e. The zero-order valence-electron chi connectivity index (χ0n) is 11.0. The molecule has 1 aromatic carbocycles. The Morgan fingerprint density at radius 1 is 1.21 bits per heavy atom. The van der Waals surface area contributed by atoms with Crippen LogP contribution >= 0.6 is 0 Å². The minimum Gasteiger partial charge on any atom is -0.506 e. The van der Waals surface area contributed by atoms with Gasteiger partial charge in [-0.15, -0.1) is 0 Å². The average molecular weight is 257 g/mol. The molecule has 1 N–H and O–H groups in total. The van der Waals surface area contributed by atoms with Crippen LogP contribution in [0.4, 0.5) is 4.39 Å². The molecule has 0 fully saturated rings. The summed E-state index contributed by atoms with van der Waals surface area (Å²) in [6.45, 7) is 3.94. The van der Waals surface area contributed by atoms with E-state index in [0.717, 1.165) is 5.56 Å². The minimum atomic E-state index is -0.269. The van der Waals surface area contributed by atoms with Gasteiger partial charge in [0.2, 0.25) is 0 Å². The second-order valence-electron chi connectivity index (χ2n) is 4.68. The molecule has 98 valence electrons. The summed E-state index contributed by atoms with van der Waals surface area (Å²) >= 11 is 0. The lowest BCUT2D eigenvalue weighted by atomic mass is 10.1. The number of rotatable bonds is 3. The van der Waals surface area contributed by atoms with Gasteiger partial charge < -0.3 is 5.11 Å². The first kappa shape index (κ1) is 13.3. The summed E-state index contributed by atoms with van der Waals surface area (Å²) in [7, 11) is 0. The van der Waals surface area contributed by atoms with Crippen LogP contribution in [0, 0.1) is 5.82 Å². The van der Waals surface area contributed by atoms with E-state index in [0.29, 0.717) is 11.3 Å². The Morgan fingerprint density at radius 2 is 1.95 bits per heavy atom. The number of aromatic hydroxyl groups is 1. The summed E-state index contributed by atoms with van der Waals surface area (Å²) in [5.74, 6) is 0.0741. The molecule has 1 heterocycles. The van der Waals surface area contributed by atoms with Crippen molar-refractivity contribution < 1.29 is 9.50 Å². The molecule has 3 heteroatoms. The van der Waals surface area contributed by atoms with Crippen molar-refractivity contribution in [1.82, 2.24) is 4.98 Å². The summed E-state index contributed by atoms with van der Waals surface area (Å²) in [4.78, 5) is 4.22. The number of halogens is 1. The van der Waals surface area contributed by atoms with Crippen molar-refractivity contribution in [2.75, 3.05) is 0 Å². The van der Waals surface area contributed by atoms with Crippen molar-refractivity contribution in [1.29, 1.82) is 0 Å². The second kappa shape index (κ2) is 5.65. The van der Waals surface area contributed by atoms with Crippen LogP contribution in [0.25, 0.3) is 12.2 Å². The Balaban J connectivity index is 2.25. The molecule has 0 aliphatic heterocycles. The van der Waals surface area contributed by atoms with Crippen LogP contribution in [-0.2, 0) is 0 Å². The molecule has 0 unspecified atom stereocenters. The predicted molar refractivity (Wildman–Crippen MR) is 75.3 cm³/mol. The summed E-state index contributed by atoms with van der Waals surface area (Å²) < 4.78 is 13.4. The molecule has 0 saturated heterocycles. The van der Waals surface area contributed by atoms with E-state index < -0.39 is 0 Å². The van der Waals surface area contributed by atoms with Gasteiger partial charge in [-0.1, -0.05) is 44.2 Å². The van der Waals surface area contributed by atoms with Gasteiger partial charge in [-0.05, 0) is 23.6 Å². The van der Waals surface area contributed by atoms with Crippen molar-refractivity contribution in [3.63, 3.8) is 0 Å². The average Bonchev–Trinajstić information content (AvgIpc) is 2.37. The minimum absolute atomic E-state index is 0.171. The van der Waals surface area contributed by atoms with Crippen LogP contribution in [0.5, 0.6) is 5.75 Å². The standard InChI is InChI=1S/C16H16FNO/c1-11(2)16-15(19)9-12(10-18-16)7-8-13-5-3-4-6-14(13)17/h3-11,19H,1-2H3/b8-7+. The smallest absolute Gasteiger partial charge is 0.137 e. The molecular formula is C16H16FNO. The maximum atomic E-state index is 13.4. The lowest BCUT2D eigenvalue weighted by Crippen LogP contribution is -1.93. The molecule has 1 aromatic heterocycles. The number of aromatic nitrogens is 1. The molecule has 2 aromatic rings. The Hall–Kier alpha value is -2.16. The number of benzene rings is 1. The first-order valence-corrected chi connectivity index (χ1v) is 6.19. The molecule has 0 saturated carbocycles. The van der Waals surface area contributed by atoms with E-state index in [1.165, 1.54) is 6.07 Å². The Bertz CT molecular complexity index is 605. The lowest BCUT2D eigenvalue weighted by Gasteiger charge is -2.07. The van der Waals surface area contributed by atoms with Crippen LogP contribution in [0.1, 0.15) is 36.6 Å². The summed E-state index contributed by atoms with van der Waals surface area (Å²) in [5.41, 5.74) is 1.92. The number of hydrogen-bond acceptors (Lipinski definition) is 2. The summed E-state index contributed by atoms with van der Waals surface area (Å²) in [6, 6.07) is 8.18. The lowest BCUT2D eigenvalue weighted by molar-refractivity contribution is 0.460. The third-order valence-electron chi connectivity index (χ3n) is 2.83. The van der Waals surface area contributed by atoms with E-state index >= 15 is 0 Å². The van der Waals surface area contributed by atoms with E-state index in [1.807, 2.05) is 13.8 Å². The third-order valence-corrected chi connectivity index (χ3v) is 2.83. The Labute approximate surface area is 112 Å². The maximum absolute atomic E-state index is 13.4. The molecule has 0 atom stereocenters. The van der Waals surface area contributed by atoms with E-state index in [9.17, 15) is 9.50 Å². The normalized spacial score (nSPS) is 11.4. The topological polar surface area (TPSA) is 33.1 Å². The van der Waals surface area contributed by atoms with Crippen LogP contribution < -0.4 is 0 Å². The van der Waals surface area contributed by atoms with Gasteiger partial charge in [0.25, 0.3) is 0 Å². The zero-order valence-corrected chi connectivity index (χ0v) is 11.0. The highest BCUT2D eigenvalue weighted by Gasteiger charge is 2.07. The first-order chi connectivity index (χ1) is 9.08. The summed E-state index contributed by atoms with van der Waals surface area (Å²) in [6.07, 6.45) is 5.07. The fraction of sp³-hybridized carbons (Fsp3) is 0.188. The molecule has 0 aliphatic carbocycles. The highest BCUT2D eigenvalue weighted by atomic mass is 19.1. The molecule has 0 aliphatic rings. The molecule has 19 heavy (non-hydrogen) atoms. The highest BCUT2D eigenvalue weighted by molar-refractivity contribution is 5.70. The first-order valence-electron chi connectivity index (χ1n) is 6.19. The van der Waals surface area contributed by atoms with Gasteiger partial charge in [0.1, 0.15) is 11.6 Å². The van der Waals surface area contributed by atoms with E-state index in [2.05, 4.69) is 4.98 Å². The van der Waals surface area contributed by atoms with Crippen LogP contribution in [-0.4, -0.2) is 10.1 Å². The quantitative estimate of drug-likeness (QED) is 0.893. The van der Waals surface area contributed by atoms with Crippen molar-refractivity contribution in [2.45, 2.75) is 19.8 Å². The third kappa shape index (κ3) is 3.19. The number of hydrogen-bond donors (Lipinski definition) is 1. The molecule has 2 nitrogen and oxygen atoms in total. The predicted octanol–water partition coefficient (Wildman–Crippen LogP) is 4.22. The Morgan fingerprint density at radius 3 is 2.58 bits per heavy atom. The van der Waals surface area contributed by atoms with Gasteiger partial charge in [0.05, 0.1) is 5.69 Å². The van der Waals surface area contributed by atoms with Gasteiger partial charge >= 0.3 is 0 Å². The molecule has 0 amide bonds. The van der Waals surface area contributed by atoms with E-state index in [1.54, 1.807) is 42.6 Å². The van der Waals surface area contributed by atoms with Gasteiger partial charge in [0, 0.05) is 11.8 Å². The monoisotopic (exact) mass is 257 g/mol. The molecule has 0 radical (unpaired) electrons. The van der Waals surface area contributed by atoms with Crippen molar-refractivity contribution in [3.05, 3.63) is 59.2 Å². The zero-order chi connectivity index (χ0) is 13.8. The summed E-state index contributed by atoms with van der Waals surface area (Å²) in [5, 5.41) is 9.84. The molecular weight excluding hydrogens is 241 g/mol. The van der Waals surface area contributed by atoms with Crippen molar-refractivity contribution in [2.24, 2.45) is 0 Å². The number of pyridine rings is 1. The Kier molecular flexibility index (Phi) is 3.95. The van der Waals surface area contributed by atoms with Crippen molar-refractivity contribution >= 4 is 12.2 Å². The second-order valence-corrected chi connectivity index (χ2v) is 4.68. The SMILES string of the molecule is CC(C)c1ncc(/C=C/c2ccccc2F)cc1O. The number of nitrogens with zero attached hydrogens (tertiary/aromatic N) is 1. The molecule has 0 spiro atoms. The van der Waals surface area contributed by atoms with Gasteiger partial charge in [-0.2, -0.15) is 0 Å². The van der Waals surface area contributed by atoms with E-state index in [-0.39, 0.29) is 17.5 Å². The van der Waals surface area contributed by atoms with Gasteiger partial charge in [-0.25, -0.2) is 4.39 Å². The highest BCUT2D eigenvalue weighted by Crippen LogP contribution is 2.24. The van der Waals surface area contributed by atoms with Crippen LogP contribution in [0.15, 0.2) is 36.5 Å². The molecule has 2 rings (SSSR count). The fourth-order valence-corrected chi connectivity index (χ4v) is 1.81. The van der Waals surface area contributed by atoms with Gasteiger partial charge in [0.15, 0.2) is 0 Å². The maximum Gasteiger partial charge on any atom is 0.137 e. The fourth-order valence-electron chi connectivity index (χ4n) is 1.81. The van der Waals surface area contributed by atoms with Gasteiger partial charge in [-0.3, -0.25) is 4.98 Å². The van der Waals surface area contributed by atoms with Crippen LogP contribution in [0.2, 0.25) is 0 Å². The molecule has 0 bridgehead atoms. The van der Waals surface area contributed by atoms with Crippen LogP contribution in [0.3, 0.4) is 0 Å². The van der Waals surface area contributed by atoms with Crippen molar-refractivity contribution in [3.8, 4) is 5.75 Å². The van der Waals surface area contributed by atoms with E-state index in [4.69, 9.17) is 0 Å².